The molecule has 170 valence electrons. The molecule has 3 rings (SSSR count). The first-order valence-electron chi connectivity index (χ1n) is 10.5. The number of terminal acetylenes is 1. The van der Waals surface area contributed by atoms with Crippen molar-refractivity contribution in [2.75, 3.05) is 19.0 Å². The number of amides is 1. The van der Waals surface area contributed by atoms with Gasteiger partial charge in [0.05, 0.1) is 7.11 Å². The van der Waals surface area contributed by atoms with E-state index in [-0.39, 0.29) is 12.2 Å². The molecule has 0 spiro atoms. The van der Waals surface area contributed by atoms with Crippen molar-refractivity contribution in [1.29, 1.82) is 5.26 Å². The van der Waals surface area contributed by atoms with Crippen molar-refractivity contribution in [2.45, 2.75) is 13.5 Å². The van der Waals surface area contributed by atoms with Gasteiger partial charge in [-0.1, -0.05) is 35.7 Å². The van der Waals surface area contributed by atoms with E-state index in [4.69, 9.17) is 20.6 Å². The van der Waals surface area contributed by atoms with Crippen LogP contribution in [0.2, 0.25) is 0 Å². The molecule has 0 saturated carbocycles. The maximum absolute atomic E-state index is 12.7. The van der Waals surface area contributed by atoms with Gasteiger partial charge < -0.3 is 19.5 Å². The van der Waals surface area contributed by atoms with Gasteiger partial charge >= 0.3 is 0 Å². The van der Waals surface area contributed by atoms with Crippen LogP contribution >= 0.6 is 0 Å². The van der Waals surface area contributed by atoms with E-state index in [9.17, 15) is 10.1 Å². The summed E-state index contributed by atoms with van der Waals surface area (Å²) in [5, 5.41) is 12.3. The number of nitriles is 1. The number of methoxy groups -OCH3 is 1. The SMILES string of the molecule is C#CCOc1cc(OC)ccc1/C=C(\C#N)C(=O)Nc1ccc(OCc2ccc(C)cc2)cc1. The van der Waals surface area contributed by atoms with Crippen LogP contribution in [-0.4, -0.2) is 19.6 Å². The summed E-state index contributed by atoms with van der Waals surface area (Å²) < 4.78 is 16.5. The third kappa shape index (κ3) is 6.66. The lowest BCUT2D eigenvalue weighted by molar-refractivity contribution is -0.112. The first kappa shape index (κ1) is 24.0. The molecule has 34 heavy (non-hydrogen) atoms. The van der Waals surface area contributed by atoms with Crippen LogP contribution in [0.5, 0.6) is 17.2 Å². The van der Waals surface area contributed by atoms with E-state index >= 15 is 0 Å². The fraction of sp³-hybridized carbons (Fsp3) is 0.143. The molecule has 0 aliphatic rings. The number of rotatable bonds is 9. The third-order valence-electron chi connectivity index (χ3n) is 4.83. The highest BCUT2D eigenvalue weighted by molar-refractivity contribution is 6.09. The Morgan fingerprint density at radius 2 is 1.74 bits per heavy atom. The van der Waals surface area contributed by atoms with Crippen molar-refractivity contribution in [1.82, 2.24) is 0 Å². The summed E-state index contributed by atoms with van der Waals surface area (Å²) in [5.41, 5.74) is 3.24. The van der Waals surface area contributed by atoms with Gasteiger partial charge in [0, 0.05) is 17.3 Å². The molecule has 3 aromatic rings. The molecule has 0 atom stereocenters. The summed E-state index contributed by atoms with van der Waals surface area (Å²) in [5.74, 6) is 3.49. The van der Waals surface area contributed by atoms with Gasteiger partial charge in [-0.05, 0) is 55.0 Å². The topological polar surface area (TPSA) is 80.6 Å². The van der Waals surface area contributed by atoms with Crippen molar-refractivity contribution in [3.05, 3.63) is 89.0 Å². The summed E-state index contributed by atoms with van der Waals surface area (Å²) in [6, 6.07) is 22.0. The summed E-state index contributed by atoms with van der Waals surface area (Å²) in [4.78, 5) is 12.7. The quantitative estimate of drug-likeness (QED) is 0.276. The Hall–Kier alpha value is -4.68. The number of carbonyl (C=O) groups excluding carboxylic acids is 1. The van der Waals surface area contributed by atoms with Crippen LogP contribution in [0.4, 0.5) is 5.69 Å². The lowest BCUT2D eigenvalue weighted by Crippen LogP contribution is -2.13. The maximum atomic E-state index is 12.7. The second-order valence-electron chi connectivity index (χ2n) is 7.32. The number of anilines is 1. The highest BCUT2D eigenvalue weighted by Crippen LogP contribution is 2.27. The average Bonchev–Trinajstić information content (AvgIpc) is 2.86. The molecule has 0 radical (unpaired) electrons. The monoisotopic (exact) mass is 452 g/mol. The first-order valence-corrected chi connectivity index (χ1v) is 10.5. The summed E-state index contributed by atoms with van der Waals surface area (Å²) >= 11 is 0. The third-order valence-corrected chi connectivity index (χ3v) is 4.83. The number of hydrogen-bond acceptors (Lipinski definition) is 5. The molecule has 1 N–H and O–H groups in total. The molecule has 0 fully saturated rings. The van der Waals surface area contributed by atoms with Gasteiger partial charge in [-0.3, -0.25) is 4.79 Å². The fourth-order valence-corrected chi connectivity index (χ4v) is 2.99. The number of benzene rings is 3. The van der Waals surface area contributed by atoms with Crippen LogP contribution in [0.3, 0.4) is 0 Å². The second kappa shape index (κ2) is 11.8. The minimum Gasteiger partial charge on any atom is -0.497 e. The number of hydrogen-bond donors (Lipinski definition) is 1. The standard InChI is InChI=1S/C28H24N2O4/c1-4-15-33-27-17-26(32-3)12-9-22(27)16-23(18-29)28(31)30-24-10-13-25(14-11-24)34-19-21-7-5-20(2)6-8-21/h1,5-14,16-17H,15,19H2,2-3H3,(H,30,31)/b23-16+. The minimum atomic E-state index is -0.547. The van der Waals surface area contributed by atoms with Crippen LogP contribution in [0.1, 0.15) is 16.7 Å². The number of aryl methyl sites for hydroxylation is 1. The van der Waals surface area contributed by atoms with E-state index in [1.807, 2.05) is 37.3 Å². The van der Waals surface area contributed by atoms with Crippen LogP contribution in [-0.2, 0) is 11.4 Å². The Labute approximate surface area is 199 Å². The van der Waals surface area contributed by atoms with Gasteiger partial charge in [0.1, 0.15) is 42.1 Å². The predicted octanol–water partition coefficient (Wildman–Crippen LogP) is 5.14. The molecule has 0 aliphatic heterocycles. The van der Waals surface area contributed by atoms with E-state index in [2.05, 4.69) is 11.2 Å². The van der Waals surface area contributed by atoms with Crippen molar-refractivity contribution < 1.29 is 19.0 Å². The number of ether oxygens (including phenoxy) is 3. The number of carbonyl (C=O) groups is 1. The van der Waals surface area contributed by atoms with Crippen molar-refractivity contribution in [2.24, 2.45) is 0 Å². The second-order valence-corrected chi connectivity index (χ2v) is 7.32. The molecule has 0 unspecified atom stereocenters. The molecule has 6 nitrogen and oxygen atoms in total. The highest BCUT2D eigenvalue weighted by Gasteiger charge is 2.12. The molecule has 0 aliphatic carbocycles. The zero-order chi connectivity index (χ0) is 24.3. The van der Waals surface area contributed by atoms with E-state index < -0.39 is 5.91 Å². The van der Waals surface area contributed by atoms with Crippen molar-refractivity contribution >= 4 is 17.7 Å². The summed E-state index contributed by atoms with van der Waals surface area (Å²) in [6.45, 7) is 2.52. The molecule has 0 bridgehead atoms. The van der Waals surface area contributed by atoms with E-state index in [1.165, 1.54) is 18.7 Å². The van der Waals surface area contributed by atoms with Gasteiger partial charge in [-0.25, -0.2) is 0 Å². The molecule has 0 heterocycles. The Balaban J connectivity index is 1.68. The van der Waals surface area contributed by atoms with Gasteiger partial charge in [0.2, 0.25) is 0 Å². The molecule has 6 heteroatoms. The van der Waals surface area contributed by atoms with E-state index in [0.717, 1.165) is 5.56 Å². The Morgan fingerprint density at radius 1 is 1.03 bits per heavy atom. The van der Waals surface area contributed by atoms with Crippen LogP contribution in [0, 0.1) is 30.6 Å². The van der Waals surface area contributed by atoms with E-state index in [1.54, 1.807) is 42.5 Å². The molecule has 3 aromatic carbocycles. The fourth-order valence-electron chi connectivity index (χ4n) is 2.99. The Bertz CT molecular complexity index is 1250. The smallest absolute Gasteiger partial charge is 0.266 e. The predicted molar refractivity (Wildman–Crippen MR) is 131 cm³/mol. The zero-order valence-electron chi connectivity index (χ0n) is 19.0. The van der Waals surface area contributed by atoms with Gasteiger partial charge in [-0.2, -0.15) is 5.26 Å². The lowest BCUT2D eigenvalue weighted by Gasteiger charge is -2.10. The molecular weight excluding hydrogens is 428 g/mol. The van der Waals surface area contributed by atoms with Crippen LogP contribution in [0.25, 0.3) is 6.08 Å². The van der Waals surface area contributed by atoms with Gasteiger partial charge in [0.25, 0.3) is 5.91 Å². The summed E-state index contributed by atoms with van der Waals surface area (Å²) in [7, 11) is 1.53. The summed E-state index contributed by atoms with van der Waals surface area (Å²) in [6.07, 6.45) is 6.72. The zero-order valence-corrected chi connectivity index (χ0v) is 19.0. The van der Waals surface area contributed by atoms with Crippen molar-refractivity contribution in [3.8, 4) is 35.7 Å². The van der Waals surface area contributed by atoms with Crippen LogP contribution < -0.4 is 19.5 Å². The number of nitrogens with zero attached hydrogens (tertiary/aromatic N) is 1. The Kier molecular flexibility index (Phi) is 8.32. The maximum Gasteiger partial charge on any atom is 0.266 e. The minimum absolute atomic E-state index is 0.0421. The number of nitrogens with one attached hydrogen (secondary N) is 1. The largest absolute Gasteiger partial charge is 0.497 e. The molecule has 0 aromatic heterocycles. The highest BCUT2D eigenvalue weighted by atomic mass is 16.5. The van der Waals surface area contributed by atoms with Crippen molar-refractivity contribution in [3.63, 3.8) is 0 Å². The van der Waals surface area contributed by atoms with E-state index in [0.29, 0.717) is 35.1 Å². The Morgan fingerprint density at radius 3 is 2.38 bits per heavy atom. The lowest BCUT2D eigenvalue weighted by atomic mass is 10.1. The van der Waals surface area contributed by atoms with Gasteiger partial charge in [-0.15, -0.1) is 6.42 Å². The first-order chi connectivity index (χ1) is 16.5. The van der Waals surface area contributed by atoms with Gasteiger partial charge in [0.15, 0.2) is 0 Å². The molecule has 0 saturated heterocycles. The van der Waals surface area contributed by atoms with Crippen LogP contribution in [0.15, 0.2) is 72.3 Å². The molecular formula is C28H24N2O4. The molecule has 1 amide bonds. The average molecular weight is 453 g/mol. The normalized spacial score (nSPS) is 10.5.